The number of aliphatic hydroxyl groups excluding tert-OH is 1. The van der Waals surface area contributed by atoms with Crippen molar-refractivity contribution in [1.82, 2.24) is 19.5 Å². The first-order valence-electron chi connectivity index (χ1n) is 14.2. The van der Waals surface area contributed by atoms with Gasteiger partial charge in [0.2, 0.25) is 12.4 Å². The van der Waals surface area contributed by atoms with Crippen LogP contribution in [0.1, 0.15) is 69.9 Å². The Morgan fingerprint density at radius 1 is 1.07 bits per heavy atom. The molecule has 2 heterocycles. The molecule has 0 amide bonds. The Bertz CT molecular complexity index is 1510. The molecular formula is C31H36FN5O5. The van der Waals surface area contributed by atoms with Crippen molar-refractivity contribution in [2.45, 2.75) is 83.9 Å². The Balaban J connectivity index is 1.54. The van der Waals surface area contributed by atoms with E-state index in [1.165, 1.54) is 77.7 Å². The second-order valence-electron chi connectivity index (χ2n) is 11.6. The van der Waals surface area contributed by atoms with E-state index in [1.54, 1.807) is 0 Å². The molecule has 4 aromatic rings. The number of fused-ring (bicyclic) bond motifs is 1. The van der Waals surface area contributed by atoms with Gasteiger partial charge in [0.05, 0.1) is 18.5 Å². The number of anilines is 1. The molecule has 2 N–H and O–H groups in total. The van der Waals surface area contributed by atoms with E-state index >= 15 is 0 Å². The fraction of sp³-hybridized carbons (Fsp3) is 0.419. The van der Waals surface area contributed by atoms with Crippen molar-refractivity contribution < 1.29 is 28.9 Å². The van der Waals surface area contributed by atoms with Gasteiger partial charge in [0.1, 0.15) is 18.1 Å². The minimum atomic E-state index is -1.45. The van der Waals surface area contributed by atoms with Gasteiger partial charge < -0.3 is 24.3 Å². The maximum absolute atomic E-state index is 13.5. The maximum atomic E-state index is 13.5. The first-order valence-corrected chi connectivity index (χ1v) is 14.2. The van der Waals surface area contributed by atoms with E-state index in [0.717, 1.165) is 5.56 Å². The van der Waals surface area contributed by atoms with Crippen molar-refractivity contribution in [3.63, 3.8) is 0 Å². The van der Waals surface area contributed by atoms with Gasteiger partial charge in [-0.2, -0.15) is 9.97 Å². The number of aliphatic hydroxyl groups is 1. The van der Waals surface area contributed by atoms with Crippen LogP contribution in [-0.2, 0) is 22.6 Å². The molecule has 1 saturated carbocycles. The molecule has 222 valence electrons. The lowest BCUT2D eigenvalue weighted by Gasteiger charge is -2.33. The van der Waals surface area contributed by atoms with Gasteiger partial charge >= 0.3 is 5.97 Å². The Labute approximate surface area is 243 Å². The van der Waals surface area contributed by atoms with Gasteiger partial charge in [0.25, 0.3) is 5.88 Å². The van der Waals surface area contributed by atoms with Crippen molar-refractivity contribution >= 4 is 23.1 Å². The zero-order valence-corrected chi connectivity index (χ0v) is 24.0. The van der Waals surface area contributed by atoms with Crippen LogP contribution in [0.3, 0.4) is 0 Å². The van der Waals surface area contributed by atoms with Gasteiger partial charge in [-0.05, 0) is 74.9 Å². The second kappa shape index (κ2) is 12.4. The molecule has 1 fully saturated rings. The number of carboxylic acid groups (broad SMARTS) is 1. The molecule has 10 nitrogen and oxygen atoms in total. The molecule has 1 aliphatic carbocycles. The Kier molecular flexibility index (Phi) is 8.69. The topological polar surface area (TPSA) is 123 Å². The number of halogens is 1. The van der Waals surface area contributed by atoms with Crippen LogP contribution in [0.25, 0.3) is 11.2 Å². The predicted octanol–water partition coefficient (Wildman–Crippen LogP) is 5.99. The lowest BCUT2D eigenvalue weighted by molar-refractivity contribution is -0.166. The minimum absolute atomic E-state index is 0.0198. The van der Waals surface area contributed by atoms with Crippen LogP contribution in [0.15, 0.2) is 54.9 Å². The number of ether oxygens (including phenoxy) is 2. The number of aromatic nitrogens is 4. The standard InChI is InChI=1S/C31H36FN5O5/c1-31(2,3)42-30(40)37(17-20-9-11-22(12-10-20)21-7-5-4-6-8-21)29-34-27-26(33-19-36(27)18-25(38)39)28(35-29)41-24-15-13-23(32)14-16-24/h9-16,19,21,30,40H,4-8,17-18H2,1-3H3,(H,38,39). The van der Waals surface area contributed by atoms with Gasteiger partial charge in [-0.3, -0.25) is 9.69 Å². The number of benzene rings is 2. The SMILES string of the molecule is CC(C)(C)OC(O)N(Cc1ccc(C2CCCCC2)cc1)c1nc(Oc2ccc(F)cc2)c2ncn(CC(=O)O)c2n1. The Morgan fingerprint density at radius 3 is 2.40 bits per heavy atom. The lowest BCUT2D eigenvalue weighted by atomic mass is 9.84. The highest BCUT2D eigenvalue weighted by atomic mass is 19.1. The van der Waals surface area contributed by atoms with Crippen molar-refractivity contribution in [3.05, 3.63) is 71.8 Å². The van der Waals surface area contributed by atoms with Gasteiger partial charge in [0.15, 0.2) is 11.2 Å². The lowest BCUT2D eigenvalue weighted by Crippen LogP contribution is -2.42. The van der Waals surface area contributed by atoms with Gasteiger partial charge in [-0.15, -0.1) is 0 Å². The molecule has 0 radical (unpaired) electrons. The number of aliphatic carboxylic acids is 1. The fourth-order valence-electron chi connectivity index (χ4n) is 5.14. The largest absolute Gasteiger partial charge is 0.480 e. The molecule has 0 saturated heterocycles. The molecule has 11 heteroatoms. The summed E-state index contributed by atoms with van der Waals surface area (Å²) in [7, 11) is 0. The molecule has 1 atom stereocenters. The summed E-state index contributed by atoms with van der Waals surface area (Å²) in [6.07, 6.45) is 6.06. The quantitative estimate of drug-likeness (QED) is 0.219. The molecule has 2 aromatic carbocycles. The average Bonchev–Trinajstić information content (AvgIpc) is 3.35. The zero-order valence-electron chi connectivity index (χ0n) is 24.0. The molecule has 0 bridgehead atoms. The third kappa shape index (κ3) is 7.21. The number of carboxylic acids is 1. The first-order chi connectivity index (χ1) is 20.1. The van der Waals surface area contributed by atoms with Crippen molar-refractivity contribution in [3.8, 4) is 11.6 Å². The van der Waals surface area contributed by atoms with Crippen LogP contribution >= 0.6 is 0 Å². The summed E-state index contributed by atoms with van der Waals surface area (Å²) >= 11 is 0. The van der Waals surface area contributed by atoms with Gasteiger partial charge in [-0.25, -0.2) is 9.37 Å². The normalized spacial score (nSPS) is 15.1. The van der Waals surface area contributed by atoms with Crippen LogP contribution in [0, 0.1) is 5.82 Å². The summed E-state index contributed by atoms with van der Waals surface area (Å²) in [6, 6.07) is 13.7. The number of rotatable bonds is 10. The molecule has 5 rings (SSSR count). The van der Waals surface area contributed by atoms with Gasteiger partial charge in [-0.1, -0.05) is 43.5 Å². The molecule has 0 aliphatic heterocycles. The third-order valence-electron chi connectivity index (χ3n) is 7.15. The molecule has 2 aromatic heterocycles. The fourth-order valence-corrected chi connectivity index (χ4v) is 5.14. The predicted molar refractivity (Wildman–Crippen MR) is 155 cm³/mol. The summed E-state index contributed by atoms with van der Waals surface area (Å²) in [5.74, 6) is -0.589. The average molecular weight is 578 g/mol. The molecule has 1 unspecified atom stereocenters. The van der Waals surface area contributed by atoms with Crippen molar-refractivity contribution in [2.75, 3.05) is 4.90 Å². The van der Waals surface area contributed by atoms with Crippen LogP contribution in [0.2, 0.25) is 0 Å². The van der Waals surface area contributed by atoms with Crippen molar-refractivity contribution in [2.24, 2.45) is 0 Å². The van der Waals surface area contributed by atoms with Crippen LogP contribution in [-0.4, -0.2) is 47.7 Å². The van der Waals surface area contributed by atoms with E-state index in [9.17, 15) is 19.4 Å². The number of hydrogen-bond donors (Lipinski definition) is 2. The molecule has 0 spiro atoms. The number of nitrogens with zero attached hydrogens (tertiary/aromatic N) is 5. The van der Waals surface area contributed by atoms with E-state index < -0.39 is 30.3 Å². The van der Waals surface area contributed by atoms with Crippen LogP contribution in [0.5, 0.6) is 11.6 Å². The van der Waals surface area contributed by atoms with Gasteiger partial charge in [0, 0.05) is 0 Å². The highest BCUT2D eigenvalue weighted by Gasteiger charge is 2.28. The molecule has 1 aliphatic rings. The van der Waals surface area contributed by atoms with E-state index in [4.69, 9.17) is 9.47 Å². The van der Waals surface area contributed by atoms with Crippen molar-refractivity contribution in [1.29, 1.82) is 0 Å². The van der Waals surface area contributed by atoms with Crippen LogP contribution in [0.4, 0.5) is 10.3 Å². The summed E-state index contributed by atoms with van der Waals surface area (Å²) in [5.41, 5.74) is 1.91. The summed E-state index contributed by atoms with van der Waals surface area (Å²) in [5, 5.41) is 20.7. The number of carbonyl (C=O) groups is 1. The first kappa shape index (κ1) is 29.4. The zero-order chi connectivity index (χ0) is 29.9. The second-order valence-corrected chi connectivity index (χ2v) is 11.6. The maximum Gasteiger partial charge on any atom is 0.323 e. The minimum Gasteiger partial charge on any atom is -0.480 e. The highest BCUT2D eigenvalue weighted by Crippen LogP contribution is 2.34. The summed E-state index contributed by atoms with van der Waals surface area (Å²) in [4.78, 5) is 26.5. The van der Waals surface area contributed by atoms with Crippen LogP contribution < -0.4 is 9.64 Å². The highest BCUT2D eigenvalue weighted by molar-refractivity contribution is 5.80. The van der Waals surface area contributed by atoms with E-state index in [1.807, 2.05) is 32.9 Å². The molecular weight excluding hydrogens is 541 g/mol. The number of hydrogen-bond acceptors (Lipinski definition) is 8. The van der Waals surface area contributed by atoms with E-state index in [0.29, 0.717) is 11.7 Å². The summed E-state index contributed by atoms with van der Waals surface area (Å²) < 4.78 is 26.8. The Morgan fingerprint density at radius 2 is 1.76 bits per heavy atom. The monoisotopic (exact) mass is 577 g/mol. The Hall–Kier alpha value is -4.09. The summed E-state index contributed by atoms with van der Waals surface area (Å²) in [6.45, 7) is 5.26. The third-order valence-corrected chi connectivity index (χ3v) is 7.15. The number of imidazole rings is 1. The van der Waals surface area contributed by atoms with E-state index in [-0.39, 0.29) is 29.5 Å². The van der Waals surface area contributed by atoms with E-state index in [2.05, 4.69) is 27.1 Å². The molecule has 42 heavy (non-hydrogen) atoms. The smallest absolute Gasteiger partial charge is 0.323 e.